The number of carbonyl (C=O) groups excluding carboxylic acids is 1. The Kier molecular flexibility index (Phi) is 11.7. The third-order valence-corrected chi connectivity index (χ3v) is 6.14. The summed E-state index contributed by atoms with van der Waals surface area (Å²) in [5.41, 5.74) is 0.0625. The van der Waals surface area contributed by atoms with Gasteiger partial charge in [0, 0.05) is 52.5 Å². The molecule has 2 aliphatic rings. The number of hydrogen-bond donors (Lipinski definition) is 2. The smallest absolute Gasteiger partial charge is 0.251 e. The average Bonchev–Trinajstić information content (AvgIpc) is 3.24. The lowest BCUT2D eigenvalue weighted by molar-refractivity contribution is -0.142. The van der Waals surface area contributed by atoms with E-state index < -0.39 is 0 Å². The molecule has 2 rings (SSSR count). The van der Waals surface area contributed by atoms with Gasteiger partial charge in [-0.05, 0) is 44.4 Å². The molecule has 0 aliphatic carbocycles. The highest BCUT2D eigenvalue weighted by Gasteiger charge is 2.31. The summed E-state index contributed by atoms with van der Waals surface area (Å²) in [7, 11) is 0. The second kappa shape index (κ2) is 12.8. The lowest BCUT2D eigenvalue weighted by atomic mass is 9.79. The fraction of sp³-hybridized carbons (Fsp3) is 0.900. The molecule has 1 unspecified atom stereocenters. The van der Waals surface area contributed by atoms with Crippen LogP contribution in [0.5, 0.6) is 0 Å². The fourth-order valence-corrected chi connectivity index (χ4v) is 3.93. The van der Waals surface area contributed by atoms with Crippen LogP contribution >= 0.6 is 24.0 Å². The summed E-state index contributed by atoms with van der Waals surface area (Å²) in [5.74, 6) is 1.07. The summed E-state index contributed by atoms with van der Waals surface area (Å²) in [5, 5.41) is 12.8. The van der Waals surface area contributed by atoms with Crippen LogP contribution in [-0.2, 0) is 9.53 Å². The number of hydrogen-bond acceptors (Lipinski definition) is 4. The summed E-state index contributed by atoms with van der Waals surface area (Å²) in [6.45, 7) is 11.9. The van der Waals surface area contributed by atoms with Crippen molar-refractivity contribution >= 4 is 35.8 Å². The Labute approximate surface area is 187 Å². The monoisotopic (exact) mass is 510 g/mol. The molecule has 0 bridgehead atoms. The summed E-state index contributed by atoms with van der Waals surface area (Å²) in [6.07, 6.45) is 4.41. The maximum absolute atomic E-state index is 12.5. The number of halogens is 1. The summed E-state index contributed by atoms with van der Waals surface area (Å²) >= 11 is 0. The predicted octanol–water partition coefficient (Wildman–Crippen LogP) is 2.08. The lowest BCUT2D eigenvalue weighted by Gasteiger charge is -2.38. The van der Waals surface area contributed by atoms with Gasteiger partial charge in [0.2, 0.25) is 0 Å². The van der Waals surface area contributed by atoms with Crippen molar-refractivity contribution in [2.75, 3.05) is 52.5 Å². The third kappa shape index (κ3) is 6.73. The molecule has 1 atom stereocenters. The molecule has 8 heteroatoms. The van der Waals surface area contributed by atoms with E-state index in [-0.39, 0.29) is 48.0 Å². The van der Waals surface area contributed by atoms with Gasteiger partial charge in [-0.25, -0.2) is 0 Å². The number of carbonyl (C=O) groups is 1. The van der Waals surface area contributed by atoms with Crippen LogP contribution in [0.25, 0.3) is 0 Å². The molecule has 7 nitrogen and oxygen atoms in total. The molecule has 2 aliphatic heterocycles. The molecule has 0 radical (unpaired) electrons. The van der Waals surface area contributed by atoms with Gasteiger partial charge in [-0.2, -0.15) is 0 Å². The molecule has 0 aromatic rings. The number of piperazine rings is 1. The van der Waals surface area contributed by atoms with Crippen LogP contribution < -0.4 is 5.32 Å². The Hall–Kier alpha value is -0.610. The molecule has 0 saturated carbocycles. The van der Waals surface area contributed by atoms with E-state index in [0.29, 0.717) is 19.7 Å². The molecule has 1 amide bonds. The van der Waals surface area contributed by atoms with Gasteiger partial charge in [-0.3, -0.25) is 9.79 Å². The van der Waals surface area contributed by atoms with Crippen LogP contribution in [0.3, 0.4) is 0 Å². The summed E-state index contributed by atoms with van der Waals surface area (Å²) < 4.78 is 5.54. The molecule has 28 heavy (non-hydrogen) atoms. The van der Waals surface area contributed by atoms with Crippen molar-refractivity contribution in [1.29, 1.82) is 0 Å². The quantitative estimate of drug-likeness (QED) is 0.297. The molecule has 2 heterocycles. The van der Waals surface area contributed by atoms with Crippen LogP contribution in [0.4, 0.5) is 0 Å². The van der Waals surface area contributed by atoms with Crippen LogP contribution in [0, 0.1) is 5.41 Å². The van der Waals surface area contributed by atoms with E-state index in [0.717, 1.165) is 64.2 Å². The number of aliphatic hydroxyl groups is 1. The number of amides is 1. The highest BCUT2D eigenvalue weighted by atomic mass is 127. The Balaban J connectivity index is 0.00000392. The van der Waals surface area contributed by atoms with Crippen molar-refractivity contribution in [2.24, 2.45) is 10.4 Å². The number of aliphatic imine (C=N–C) groups is 1. The van der Waals surface area contributed by atoms with E-state index in [1.165, 1.54) is 0 Å². The van der Waals surface area contributed by atoms with Crippen LogP contribution in [-0.4, -0.2) is 85.4 Å². The average molecular weight is 510 g/mol. The Morgan fingerprint density at radius 2 is 1.82 bits per heavy atom. The molecule has 0 spiro atoms. The maximum atomic E-state index is 12.5. The van der Waals surface area contributed by atoms with Gasteiger partial charge in [0.15, 0.2) is 5.96 Å². The van der Waals surface area contributed by atoms with Crippen molar-refractivity contribution in [3.63, 3.8) is 0 Å². The van der Waals surface area contributed by atoms with Crippen LogP contribution in [0.15, 0.2) is 4.99 Å². The van der Waals surface area contributed by atoms with Gasteiger partial charge in [-0.15, -0.1) is 24.0 Å². The third-order valence-electron chi connectivity index (χ3n) is 6.14. The fourth-order valence-electron chi connectivity index (χ4n) is 3.93. The molecule has 0 aromatic heterocycles. The van der Waals surface area contributed by atoms with E-state index in [1.54, 1.807) is 0 Å². The maximum Gasteiger partial charge on any atom is 0.251 e. The normalized spacial score (nSPS) is 20.9. The van der Waals surface area contributed by atoms with Gasteiger partial charge in [-0.1, -0.05) is 13.8 Å². The van der Waals surface area contributed by atoms with Crippen LogP contribution in [0.1, 0.15) is 52.9 Å². The standard InChI is InChI=1S/C20H38N4O3.HI/c1-4-20(5-2,9-14-25)16-22-19(21-6-3)24-12-10-23(11-13-24)18(26)17-8-7-15-27-17;/h17,25H,4-16H2,1-3H3,(H,21,22);1H. The number of guanidine groups is 1. The number of nitrogens with one attached hydrogen (secondary N) is 1. The van der Waals surface area contributed by atoms with Crippen molar-refractivity contribution in [3.05, 3.63) is 0 Å². The molecular formula is C20H39IN4O3. The van der Waals surface area contributed by atoms with Gasteiger partial charge >= 0.3 is 0 Å². The van der Waals surface area contributed by atoms with Crippen molar-refractivity contribution in [3.8, 4) is 0 Å². The zero-order chi connectivity index (χ0) is 19.7. The van der Waals surface area contributed by atoms with E-state index in [4.69, 9.17) is 9.73 Å². The summed E-state index contributed by atoms with van der Waals surface area (Å²) in [4.78, 5) is 21.6. The number of rotatable bonds is 8. The predicted molar refractivity (Wildman–Crippen MR) is 123 cm³/mol. The zero-order valence-corrected chi connectivity index (χ0v) is 20.1. The first-order chi connectivity index (χ1) is 13.1. The molecule has 0 aromatic carbocycles. The topological polar surface area (TPSA) is 77.4 Å². The molecule has 2 N–H and O–H groups in total. The second-order valence-corrected chi connectivity index (χ2v) is 7.66. The lowest BCUT2D eigenvalue weighted by Crippen LogP contribution is -2.55. The first kappa shape index (κ1) is 25.4. The SMILES string of the molecule is CCNC(=NCC(CC)(CC)CCO)N1CCN(C(=O)C2CCCO2)CC1.I. The van der Waals surface area contributed by atoms with Gasteiger partial charge in [0.25, 0.3) is 5.91 Å². The second-order valence-electron chi connectivity index (χ2n) is 7.66. The Morgan fingerprint density at radius 1 is 1.18 bits per heavy atom. The minimum Gasteiger partial charge on any atom is -0.396 e. The zero-order valence-electron chi connectivity index (χ0n) is 17.8. The first-order valence-electron chi connectivity index (χ1n) is 10.6. The van der Waals surface area contributed by atoms with E-state index in [9.17, 15) is 9.90 Å². The number of ether oxygens (including phenoxy) is 1. The molecule has 2 saturated heterocycles. The van der Waals surface area contributed by atoms with Gasteiger partial charge in [0.05, 0.1) is 0 Å². The Morgan fingerprint density at radius 3 is 2.32 bits per heavy atom. The van der Waals surface area contributed by atoms with E-state index in [1.807, 2.05) is 4.90 Å². The first-order valence-corrected chi connectivity index (χ1v) is 10.6. The van der Waals surface area contributed by atoms with Crippen molar-refractivity contribution < 1.29 is 14.6 Å². The van der Waals surface area contributed by atoms with Crippen molar-refractivity contribution in [1.82, 2.24) is 15.1 Å². The minimum atomic E-state index is -0.230. The highest BCUT2D eigenvalue weighted by molar-refractivity contribution is 14.0. The number of aliphatic hydroxyl groups excluding tert-OH is 1. The summed E-state index contributed by atoms with van der Waals surface area (Å²) in [6, 6.07) is 0. The van der Waals surface area contributed by atoms with Gasteiger partial charge in [0.1, 0.15) is 6.10 Å². The van der Waals surface area contributed by atoms with E-state index in [2.05, 4.69) is 31.0 Å². The van der Waals surface area contributed by atoms with Crippen LogP contribution in [0.2, 0.25) is 0 Å². The molecule has 164 valence electrons. The van der Waals surface area contributed by atoms with E-state index >= 15 is 0 Å². The Bertz CT molecular complexity index is 486. The molecular weight excluding hydrogens is 471 g/mol. The van der Waals surface area contributed by atoms with Crippen molar-refractivity contribution in [2.45, 2.75) is 59.0 Å². The largest absolute Gasteiger partial charge is 0.396 e. The number of nitrogens with zero attached hydrogens (tertiary/aromatic N) is 3. The minimum absolute atomic E-state index is 0. The highest BCUT2D eigenvalue weighted by Crippen LogP contribution is 2.30. The molecule has 2 fully saturated rings. The van der Waals surface area contributed by atoms with Gasteiger partial charge < -0.3 is 25.0 Å².